The Bertz CT molecular complexity index is 1130. The minimum absolute atomic E-state index is 0.0439. The average Bonchev–Trinajstić information content (AvgIpc) is 2.96. The monoisotopic (exact) mass is 610 g/mol. The highest BCUT2D eigenvalue weighted by molar-refractivity contribution is 7.54. The molecule has 2 saturated carbocycles. The van der Waals surface area contributed by atoms with Gasteiger partial charge in [0.15, 0.2) is 0 Å². The lowest BCUT2D eigenvalue weighted by Gasteiger charge is -2.44. The lowest BCUT2D eigenvalue weighted by atomic mass is 9.75. The molecule has 0 radical (unpaired) electrons. The number of anilines is 1. The summed E-state index contributed by atoms with van der Waals surface area (Å²) >= 11 is 0. The van der Waals surface area contributed by atoms with Crippen molar-refractivity contribution in [1.29, 1.82) is 0 Å². The van der Waals surface area contributed by atoms with Crippen LogP contribution in [0.25, 0.3) is 0 Å². The van der Waals surface area contributed by atoms with Gasteiger partial charge in [0.05, 0.1) is 12.2 Å². The highest BCUT2D eigenvalue weighted by atomic mass is 31.2. The molecule has 2 aliphatic carbocycles. The second kappa shape index (κ2) is 15.1. The van der Waals surface area contributed by atoms with E-state index in [0.29, 0.717) is 35.5 Å². The van der Waals surface area contributed by atoms with Crippen molar-refractivity contribution < 1.29 is 13.6 Å². The van der Waals surface area contributed by atoms with E-state index in [2.05, 4.69) is 107 Å². The molecule has 240 valence electrons. The second-order valence-electron chi connectivity index (χ2n) is 14.7. The zero-order chi connectivity index (χ0) is 31.3. The summed E-state index contributed by atoms with van der Waals surface area (Å²) in [5.41, 5.74) is 3.21. The first-order chi connectivity index (χ1) is 20.4. The molecule has 0 amide bonds. The van der Waals surface area contributed by atoms with Crippen LogP contribution in [0.4, 0.5) is 5.69 Å². The van der Waals surface area contributed by atoms with Crippen molar-refractivity contribution in [3.63, 3.8) is 0 Å². The van der Waals surface area contributed by atoms with Gasteiger partial charge in [-0.2, -0.15) is 0 Å². The Balaban J connectivity index is 1.80. The molecule has 0 heterocycles. The molecule has 4 rings (SSSR count). The van der Waals surface area contributed by atoms with Crippen LogP contribution < -0.4 is 10.2 Å². The lowest BCUT2D eigenvalue weighted by molar-refractivity contribution is -0.00718. The Morgan fingerprint density at radius 3 is 1.65 bits per heavy atom. The second-order valence-corrected chi connectivity index (χ2v) is 16.7. The van der Waals surface area contributed by atoms with Crippen LogP contribution in [0.3, 0.4) is 0 Å². The summed E-state index contributed by atoms with van der Waals surface area (Å²) < 4.78 is 30.0. The molecule has 1 N–H and O–H groups in total. The van der Waals surface area contributed by atoms with Gasteiger partial charge in [-0.25, -0.2) is 0 Å². The molecule has 2 aromatic rings. The van der Waals surface area contributed by atoms with Crippen LogP contribution in [0, 0.1) is 35.5 Å². The summed E-state index contributed by atoms with van der Waals surface area (Å²) in [6.07, 6.45) is 6.26. The maximum Gasteiger partial charge on any atom is 0.352 e. The minimum Gasteiger partial charge on any atom is -0.378 e. The molecule has 0 saturated heterocycles. The van der Waals surface area contributed by atoms with Crippen molar-refractivity contribution in [2.24, 2.45) is 35.5 Å². The summed E-state index contributed by atoms with van der Waals surface area (Å²) in [5, 5.41) is 3.80. The third kappa shape index (κ3) is 8.75. The molecule has 43 heavy (non-hydrogen) atoms. The van der Waals surface area contributed by atoms with Gasteiger partial charge in [0.2, 0.25) is 0 Å². The van der Waals surface area contributed by atoms with Crippen LogP contribution in [-0.4, -0.2) is 26.3 Å². The van der Waals surface area contributed by atoms with E-state index in [1.807, 2.05) is 20.2 Å². The van der Waals surface area contributed by atoms with Crippen molar-refractivity contribution >= 4 is 13.3 Å². The number of hydrogen-bond donors (Lipinski definition) is 1. The molecule has 2 fully saturated rings. The van der Waals surface area contributed by atoms with Gasteiger partial charge in [-0.05, 0) is 91.4 Å². The zero-order valence-corrected chi connectivity index (χ0v) is 29.2. The number of benzene rings is 2. The summed E-state index contributed by atoms with van der Waals surface area (Å²) in [5.74, 6) is 2.14. The summed E-state index contributed by atoms with van der Waals surface area (Å²) in [4.78, 5) is 2.10. The molecule has 0 aliphatic heterocycles. The van der Waals surface area contributed by atoms with Crippen LogP contribution in [-0.2, 0) is 13.6 Å². The van der Waals surface area contributed by atoms with Gasteiger partial charge in [0, 0.05) is 25.8 Å². The zero-order valence-electron chi connectivity index (χ0n) is 28.3. The first-order valence-electron chi connectivity index (χ1n) is 16.9. The van der Waals surface area contributed by atoms with Crippen molar-refractivity contribution in [3.8, 4) is 0 Å². The van der Waals surface area contributed by atoms with E-state index in [0.717, 1.165) is 42.5 Å². The molecule has 6 heteroatoms. The van der Waals surface area contributed by atoms with Gasteiger partial charge in [-0.1, -0.05) is 96.8 Å². The van der Waals surface area contributed by atoms with Crippen molar-refractivity contribution in [3.05, 3.63) is 65.7 Å². The topological polar surface area (TPSA) is 50.8 Å². The SMILES string of the molecule is CC(C)[C@H]1CC[C@@H](C)C[C@H]1OP(=O)(O[C@@H]1C[C@H](C)CC[C@H]1C(C)C)[C@H](N[C@@H](C)c1ccccc1)c1ccc(N(C)C)cc1. The van der Waals surface area contributed by atoms with Gasteiger partial charge in [0.25, 0.3) is 0 Å². The van der Waals surface area contributed by atoms with E-state index in [1.165, 1.54) is 12.8 Å². The molecule has 9 atom stereocenters. The van der Waals surface area contributed by atoms with Crippen LogP contribution in [0.1, 0.15) is 110 Å². The van der Waals surface area contributed by atoms with E-state index < -0.39 is 13.4 Å². The number of hydrogen-bond acceptors (Lipinski definition) is 5. The van der Waals surface area contributed by atoms with Crippen LogP contribution in [0.5, 0.6) is 0 Å². The Labute approximate surface area is 263 Å². The van der Waals surface area contributed by atoms with Gasteiger partial charge >= 0.3 is 7.60 Å². The molecule has 0 bridgehead atoms. The summed E-state index contributed by atoms with van der Waals surface area (Å²) in [7, 11) is 0.362. The predicted octanol–water partition coefficient (Wildman–Crippen LogP) is 10.2. The van der Waals surface area contributed by atoms with Crippen molar-refractivity contribution in [2.45, 2.75) is 111 Å². The molecule has 0 aromatic heterocycles. The number of nitrogens with zero attached hydrogens (tertiary/aromatic N) is 1. The Kier molecular flexibility index (Phi) is 12.0. The van der Waals surface area contributed by atoms with Crippen LogP contribution in [0.2, 0.25) is 0 Å². The first-order valence-corrected chi connectivity index (χ1v) is 18.5. The van der Waals surface area contributed by atoms with Crippen LogP contribution >= 0.6 is 7.60 Å². The number of rotatable bonds is 12. The third-order valence-corrected chi connectivity index (χ3v) is 12.4. The fourth-order valence-electron chi connectivity index (χ4n) is 7.40. The molecule has 1 unspecified atom stereocenters. The quantitative estimate of drug-likeness (QED) is 0.242. The summed E-state index contributed by atoms with van der Waals surface area (Å²) in [6, 6.07) is 18.8. The minimum atomic E-state index is -3.73. The van der Waals surface area contributed by atoms with Crippen LogP contribution in [0.15, 0.2) is 54.6 Å². The largest absolute Gasteiger partial charge is 0.378 e. The summed E-state index contributed by atoms with van der Waals surface area (Å²) in [6.45, 7) is 15.9. The Hall–Kier alpha value is -1.65. The highest BCUT2D eigenvalue weighted by Crippen LogP contribution is 2.65. The lowest BCUT2D eigenvalue weighted by Crippen LogP contribution is -2.38. The molecular formula is C37H59N2O3P. The normalized spacial score (nSPS) is 29.3. The van der Waals surface area contributed by atoms with Gasteiger partial charge < -0.3 is 13.9 Å². The third-order valence-electron chi connectivity index (χ3n) is 10.2. The highest BCUT2D eigenvalue weighted by Gasteiger charge is 2.47. The maximum atomic E-state index is 15.9. The first kappa shape index (κ1) is 34.2. The van der Waals surface area contributed by atoms with Gasteiger partial charge in [0.1, 0.15) is 5.78 Å². The van der Waals surface area contributed by atoms with Crippen molar-refractivity contribution in [1.82, 2.24) is 5.32 Å². The van der Waals surface area contributed by atoms with E-state index in [9.17, 15) is 0 Å². The maximum absolute atomic E-state index is 15.9. The standard InChI is InChI=1S/C37H59N2O3P/c1-25(2)33-21-15-27(5)23-35(33)41-43(40,42-36-24-28(6)16-22-34(36)26(3)4)37(31-17-19-32(20-18-31)39(8)9)38-29(7)30-13-11-10-12-14-30/h10-14,17-20,25-29,33-38H,15-16,21-24H2,1-9H3/t27-,28-,29+,33-,34+,35-,36-,37+,43?/m1/s1. The predicted molar refractivity (Wildman–Crippen MR) is 182 cm³/mol. The average molecular weight is 611 g/mol. The van der Waals surface area contributed by atoms with E-state index in [-0.39, 0.29) is 18.2 Å². The molecular weight excluding hydrogens is 551 g/mol. The fourth-order valence-corrected chi connectivity index (χ4v) is 9.87. The number of nitrogens with one attached hydrogen (secondary N) is 1. The van der Waals surface area contributed by atoms with E-state index >= 15 is 4.57 Å². The smallest absolute Gasteiger partial charge is 0.352 e. The molecule has 2 aliphatic rings. The fraction of sp³-hybridized carbons (Fsp3) is 0.676. The molecule has 0 spiro atoms. The Morgan fingerprint density at radius 2 is 1.21 bits per heavy atom. The van der Waals surface area contributed by atoms with Gasteiger partial charge in [-0.15, -0.1) is 0 Å². The molecule has 5 nitrogen and oxygen atoms in total. The molecule has 2 aromatic carbocycles. The van der Waals surface area contributed by atoms with E-state index in [4.69, 9.17) is 9.05 Å². The van der Waals surface area contributed by atoms with Crippen molar-refractivity contribution in [2.75, 3.05) is 19.0 Å². The van der Waals surface area contributed by atoms with Gasteiger partial charge in [-0.3, -0.25) is 9.88 Å². The van der Waals surface area contributed by atoms with E-state index in [1.54, 1.807) is 0 Å². The Morgan fingerprint density at radius 1 is 0.721 bits per heavy atom.